The van der Waals surface area contributed by atoms with E-state index in [1.165, 1.54) is 0 Å². The van der Waals surface area contributed by atoms with Crippen molar-refractivity contribution < 1.29 is 13.7 Å². The van der Waals surface area contributed by atoms with Gasteiger partial charge in [-0.1, -0.05) is 103 Å². The van der Waals surface area contributed by atoms with Crippen molar-refractivity contribution >= 4 is 53.3 Å². The van der Waals surface area contributed by atoms with E-state index in [4.69, 9.17) is 28.7 Å². The van der Waals surface area contributed by atoms with Crippen LogP contribution in [0.1, 0.15) is 19.5 Å². The molecule has 8 rings (SSSR count). The van der Waals surface area contributed by atoms with Gasteiger partial charge in [0.25, 0.3) is 0 Å². The molecule has 0 spiro atoms. The Kier molecular flexibility index (Phi) is 3.26. The highest BCUT2D eigenvalue weighted by molar-refractivity contribution is 7.26. The maximum atomic E-state index is 9.14. The van der Waals surface area contributed by atoms with Crippen LogP contribution < -0.4 is 0 Å². The van der Waals surface area contributed by atoms with Crippen molar-refractivity contribution in [2.75, 3.05) is 0 Å². The van der Waals surface area contributed by atoms with Gasteiger partial charge in [-0.25, -0.2) is 15.0 Å². The van der Waals surface area contributed by atoms with Crippen LogP contribution in [0, 0.1) is 0 Å². The van der Waals surface area contributed by atoms with Crippen LogP contribution in [0.25, 0.3) is 64.8 Å². The second-order valence-corrected chi connectivity index (χ2v) is 9.95. The van der Waals surface area contributed by atoms with Crippen LogP contribution in [0.2, 0.25) is 0 Å². The zero-order valence-corrected chi connectivity index (χ0v) is 21.0. The van der Waals surface area contributed by atoms with Gasteiger partial charge in [0.05, 0.1) is 25.8 Å². The first-order chi connectivity index (χ1) is 23.5. The Bertz CT molecular complexity index is 2640. The summed E-state index contributed by atoms with van der Waals surface area (Å²) in [5.41, 5.74) is 1.74. The molecule has 5 heteroatoms. The van der Waals surface area contributed by atoms with E-state index < -0.39 is 24.2 Å². The SMILES string of the molecule is [2H]c1c([2H])c([2H])c2c(sc3c([2H])c([2H])c4c5c([2H])c([2H])c([2H])c([2H])c5n(Cc5nc(-c6ccccc6)nc(-c6ccccc6)n5)c4c32)c1[2H]. The van der Waals surface area contributed by atoms with Crippen molar-refractivity contribution in [2.24, 2.45) is 0 Å². The fourth-order valence-corrected chi connectivity index (χ4v) is 5.88. The summed E-state index contributed by atoms with van der Waals surface area (Å²) in [6.07, 6.45) is 0. The maximum Gasteiger partial charge on any atom is 0.163 e. The molecule has 0 atom stereocenters. The van der Waals surface area contributed by atoms with Crippen molar-refractivity contribution in [2.45, 2.75) is 6.54 Å². The molecule has 3 aromatic heterocycles. The molecule has 0 radical (unpaired) electrons. The molecule has 0 N–H and O–H groups in total. The second kappa shape index (κ2) is 8.86. The Morgan fingerprint density at radius 2 is 1.26 bits per heavy atom. The van der Waals surface area contributed by atoms with Crippen molar-refractivity contribution in [3.63, 3.8) is 0 Å². The minimum absolute atomic E-state index is 0.0298. The average Bonchev–Trinajstić information content (AvgIpc) is 3.68. The topological polar surface area (TPSA) is 43.6 Å². The highest BCUT2D eigenvalue weighted by Gasteiger charge is 2.19. The third-order valence-electron chi connectivity index (χ3n) is 6.61. The number of thiophene rings is 1. The maximum absolute atomic E-state index is 9.14. The van der Waals surface area contributed by atoms with E-state index in [1.807, 2.05) is 60.7 Å². The largest absolute Gasteiger partial charge is 0.332 e. The highest BCUT2D eigenvalue weighted by Crippen LogP contribution is 2.42. The number of nitrogens with zero attached hydrogens (tertiary/aromatic N) is 4. The van der Waals surface area contributed by atoms with E-state index >= 15 is 0 Å². The summed E-state index contributed by atoms with van der Waals surface area (Å²) in [6.45, 7) is -0.154. The summed E-state index contributed by atoms with van der Waals surface area (Å²) in [6, 6.07) is 14.9. The molecule has 0 aliphatic rings. The molecule has 8 aromatic rings. The molecular formula is C34H22N4S. The van der Waals surface area contributed by atoms with Crippen LogP contribution in [0.15, 0.2) is 121 Å². The molecule has 0 bridgehead atoms. The van der Waals surface area contributed by atoms with Gasteiger partial charge in [0.15, 0.2) is 17.5 Å². The van der Waals surface area contributed by atoms with Gasteiger partial charge in [-0.3, -0.25) is 0 Å². The van der Waals surface area contributed by atoms with Crippen LogP contribution in [0.4, 0.5) is 0 Å². The van der Waals surface area contributed by atoms with Crippen molar-refractivity contribution in [3.05, 3.63) is 127 Å². The first-order valence-electron chi connectivity index (χ1n) is 17.2. The number of fused-ring (bicyclic) bond motifs is 7. The van der Waals surface area contributed by atoms with Gasteiger partial charge in [-0.15, -0.1) is 11.3 Å². The van der Waals surface area contributed by atoms with Crippen molar-refractivity contribution in [1.29, 1.82) is 0 Å². The van der Waals surface area contributed by atoms with Crippen LogP contribution in [-0.4, -0.2) is 19.5 Å². The van der Waals surface area contributed by atoms with Gasteiger partial charge in [-0.2, -0.15) is 0 Å². The summed E-state index contributed by atoms with van der Waals surface area (Å²) in [7, 11) is 0. The third-order valence-corrected chi connectivity index (χ3v) is 7.63. The lowest BCUT2D eigenvalue weighted by Crippen LogP contribution is -2.08. The van der Waals surface area contributed by atoms with Crippen LogP contribution in [0.5, 0.6) is 0 Å². The summed E-state index contributed by atoms with van der Waals surface area (Å²) in [5.74, 6) is 0.999. The summed E-state index contributed by atoms with van der Waals surface area (Å²) in [5, 5.41) is 0.514. The standard InChI is InChI=1S/C34H22N4S/c1-3-11-22(12-4-1)33-35-30(36-34(37-33)23-13-5-2-6-14-23)21-38-27-17-9-7-15-24(27)25-19-20-29-31(32(25)38)26-16-8-10-18-28(26)39-29/h1-20H,21H2/i7D,8D,9D,10D,15D,16D,17D,18D,19D,20D. The van der Waals surface area contributed by atoms with Gasteiger partial charge in [-0.05, 0) is 18.1 Å². The Labute approximate surface area is 242 Å². The number of benzene rings is 5. The molecular weight excluding hydrogens is 496 g/mol. The third kappa shape index (κ3) is 3.62. The fourth-order valence-electron chi connectivity index (χ4n) is 4.91. The minimum atomic E-state index is -0.502. The van der Waals surface area contributed by atoms with Gasteiger partial charge in [0.2, 0.25) is 0 Å². The Hall–Kier alpha value is -4.87. The van der Waals surface area contributed by atoms with E-state index in [-0.39, 0.29) is 90.6 Å². The van der Waals surface area contributed by atoms with Crippen molar-refractivity contribution in [1.82, 2.24) is 19.5 Å². The normalized spacial score (nSPS) is 15.3. The molecule has 0 unspecified atom stereocenters. The van der Waals surface area contributed by atoms with Gasteiger partial charge in [0.1, 0.15) is 0 Å². The predicted octanol–water partition coefficient (Wildman–Crippen LogP) is 8.73. The molecule has 184 valence electrons. The van der Waals surface area contributed by atoms with Crippen LogP contribution in [0.3, 0.4) is 0 Å². The Balaban J connectivity index is 1.56. The molecule has 4 nitrogen and oxygen atoms in total. The number of para-hydroxylation sites is 1. The molecule has 0 aliphatic heterocycles. The van der Waals surface area contributed by atoms with Gasteiger partial charge < -0.3 is 4.57 Å². The summed E-state index contributed by atoms with van der Waals surface area (Å²) >= 11 is 0.979. The van der Waals surface area contributed by atoms with Crippen molar-refractivity contribution in [3.8, 4) is 22.8 Å². The number of hydrogen-bond acceptors (Lipinski definition) is 4. The quantitative estimate of drug-likeness (QED) is 0.229. The summed E-state index contributed by atoms with van der Waals surface area (Å²) < 4.78 is 89.4. The molecule has 0 aliphatic carbocycles. The Morgan fingerprint density at radius 3 is 1.97 bits per heavy atom. The lowest BCUT2D eigenvalue weighted by atomic mass is 10.1. The van der Waals surface area contributed by atoms with Gasteiger partial charge in [0, 0.05) is 47.6 Å². The van der Waals surface area contributed by atoms with E-state index in [0.29, 0.717) is 11.6 Å². The zero-order chi connectivity index (χ0) is 34.5. The second-order valence-electron chi connectivity index (χ2n) is 8.92. The van der Waals surface area contributed by atoms with E-state index in [1.54, 1.807) is 4.57 Å². The lowest BCUT2D eigenvalue weighted by molar-refractivity contribution is 0.787. The average molecular weight is 529 g/mol. The lowest BCUT2D eigenvalue weighted by Gasteiger charge is -2.11. The minimum Gasteiger partial charge on any atom is -0.332 e. The van der Waals surface area contributed by atoms with E-state index in [9.17, 15) is 0 Å². The first-order valence-corrected chi connectivity index (χ1v) is 13.0. The smallest absolute Gasteiger partial charge is 0.163 e. The number of hydrogen-bond donors (Lipinski definition) is 0. The van der Waals surface area contributed by atoms with Crippen LogP contribution in [-0.2, 0) is 6.54 Å². The fraction of sp³-hybridized carbons (Fsp3) is 0.0294. The monoisotopic (exact) mass is 528 g/mol. The molecule has 0 saturated heterocycles. The summed E-state index contributed by atoms with van der Waals surface area (Å²) in [4.78, 5) is 14.3. The molecule has 5 aromatic carbocycles. The molecule has 0 saturated carbocycles. The number of rotatable bonds is 4. The highest BCUT2D eigenvalue weighted by atomic mass is 32.1. The predicted molar refractivity (Wildman–Crippen MR) is 162 cm³/mol. The van der Waals surface area contributed by atoms with E-state index in [2.05, 4.69) is 0 Å². The van der Waals surface area contributed by atoms with E-state index in [0.717, 1.165) is 22.5 Å². The molecule has 0 amide bonds. The molecule has 0 fully saturated rings. The zero-order valence-electron chi connectivity index (χ0n) is 30.2. The first kappa shape index (κ1) is 14.3. The van der Waals surface area contributed by atoms with Gasteiger partial charge >= 0.3 is 0 Å². The molecule has 39 heavy (non-hydrogen) atoms. The van der Waals surface area contributed by atoms with Crippen LogP contribution >= 0.6 is 11.3 Å². The number of aromatic nitrogens is 4. The Morgan fingerprint density at radius 1 is 0.615 bits per heavy atom. The molecule has 3 heterocycles.